The van der Waals surface area contributed by atoms with E-state index in [-0.39, 0.29) is 10.0 Å². The molecule has 1 aliphatic rings. The van der Waals surface area contributed by atoms with E-state index in [2.05, 4.69) is 15.0 Å². The van der Waals surface area contributed by atoms with Gasteiger partial charge in [-0.15, -0.1) is 0 Å². The summed E-state index contributed by atoms with van der Waals surface area (Å²) < 4.78 is 26.5. The van der Waals surface area contributed by atoms with Gasteiger partial charge in [0, 0.05) is 44.8 Å². The smallest absolute Gasteiger partial charge is 0.244 e. The Labute approximate surface area is 133 Å². The van der Waals surface area contributed by atoms with Gasteiger partial charge in [-0.3, -0.25) is 4.98 Å². The number of rotatable bonds is 3. The molecule has 116 valence electrons. The van der Waals surface area contributed by atoms with Gasteiger partial charge in [-0.2, -0.15) is 4.31 Å². The number of hydrogen-bond acceptors (Lipinski definition) is 6. The van der Waals surface area contributed by atoms with Crippen LogP contribution in [0.1, 0.15) is 0 Å². The van der Waals surface area contributed by atoms with Crippen LogP contribution in [0, 0.1) is 0 Å². The SMILES string of the molecule is O=S(=O)(c1ccc(Cl)nc1)N1CCN(c2cnccn2)CC1. The van der Waals surface area contributed by atoms with Gasteiger partial charge in [-0.05, 0) is 12.1 Å². The molecule has 1 saturated heterocycles. The molecular weight excluding hydrogens is 326 g/mol. The minimum absolute atomic E-state index is 0.157. The molecule has 1 fully saturated rings. The lowest BCUT2D eigenvalue weighted by Crippen LogP contribution is -2.48. The molecule has 0 bridgehead atoms. The molecule has 0 aliphatic carbocycles. The van der Waals surface area contributed by atoms with Crippen LogP contribution in [0.15, 0.2) is 41.8 Å². The van der Waals surface area contributed by atoms with Gasteiger partial charge in [-0.1, -0.05) is 11.6 Å². The van der Waals surface area contributed by atoms with Crippen LogP contribution in [0.4, 0.5) is 5.82 Å². The van der Waals surface area contributed by atoms with Gasteiger partial charge in [0.15, 0.2) is 0 Å². The summed E-state index contributed by atoms with van der Waals surface area (Å²) in [6.07, 6.45) is 6.19. The summed E-state index contributed by atoms with van der Waals surface area (Å²) in [5, 5.41) is 0.270. The third kappa shape index (κ3) is 3.03. The van der Waals surface area contributed by atoms with Crippen molar-refractivity contribution >= 4 is 27.4 Å². The average molecular weight is 340 g/mol. The lowest BCUT2D eigenvalue weighted by atomic mass is 10.3. The van der Waals surface area contributed by atoms with Gasteiger partial charge in [0.2, 0.25) is 10.0 Å². The van der Waals surface area contributed by atoms with Crippen LogP contribution in [-0.4, -0.2) is 53.9 Å². The highest BCUT2D eigenvalue weighted by Crippen LogP contribution is 2.19. The number of piperazine rings is 1. The highest BCUT2D eigenvalue weighted by Gasteiger charge is 2.29. The van der Waals surface area contributed by atoms with E-state index in [1.807, 2.05) is 4.90 Å². The maximum Gasteiger partial charge on any atom is 0.244 e. The van der Waals surface area contributed by atoms with Crippen LogP contribution >= 0.6 is 11.6 Å². The number of nitrogens with zero attached hydrogens (tertiary/aromatic N) is 5. The quantitative estimate of drug-likeness (QED) is 0.777. The number of halogens is 1. The second-order valence-corrected chi connectivity index (χ2v) is 7.10. The summed E-state index contributed by atoms with van der Waals surface area (Å²) in [7, 11) is -3.53. The monoisotopic (exact) mass is 339 g/mol. The molecule has 0 unspecified atom stereocenters. The predicted molar refractivity (Wildman–Crippen MR) is 82.3 cm³/mol. The first-order chi connectivity index (χ1) is 10.6. The third-order valence-electron chi connectivity index (χ3n) is 3.45. The zero-order valence-electron chi connectivity index (χ0n) is 11.6. The molecule has 0 aromatic carbocycles. The van der Waals surface area contributed by atoms with Crippen LogP contribution in [0.25, 0.3) is 0 Å². The van der Waals surface area contributed by atoms with Crippen molar-refractivity contribution in [1.29, 1.82) is 0 Å². The van der Waals surface area contributed by atoms with E-state index in [1.165, 1.54) is 22.6 Å². The standard InChI is InChI=1S/C13H14ClN5O2S/c14-12-2-1-11(9-17-12)22(20,21)19-7-5-18(6-8-19)13-10-15-3-4-16-13/h1-4,9-10H,5-8H2. The second kappa shape index (κ2) is 6.15. The molecule has 0 atom stereocenters. The van der Waals surface area contributed by atoms with E-state index < -0.39 is 10.0 Å². The maximum absolute atomic E-state index is 12.5. The van der Waals surface area contributed by atoms with Gasteiger partial charge in [0.25, 0.3) is 0 Å². The van der Waals surface area contributed by atoms with Gasteiger partial charge < -0.3 is 4.90 Å². The van der Waals surface area contributed by atoms with Crippen LogP contribution < -0.4 is 4.90 Å². The third-order valence-corrected chi connectivity index (χ3v) is 5.56. The fourth-order valence-corrected chi connectivity index (χ4v) is 3.76. The van der Waals surface area contributed by atoms with Crippen molar-refractivity contribution in [1.82, 2.24) is 19.3 Å². The summed E-state index contributed by atoms with van der Waals surface area (Å²) in [4.78, 5) is 14.3. The molecule has 3 heterocycles. The Hall–Kier alpha value is -1.77. The largest absolute Gasteiger partial charge is 0.353 e. The summed E-state index contributed by atoms with van der Waals surface area (Å²) in [5.74, 6) is 0.757. The predicted octanol–water partition coefficient (Wildman–Crippen LogP) is 1.04. The van der Waals surface area contributed by atoms with Crippen molar-refractivity contribution in [3.63, 3.8) is 0 Å². The normalized spacial score (nSPS) is 16.7. The van der Waals surface area contributed by atoms with Crippen molar-refractivity contribution < 1.29 is 8.42 Å². The van der Waals surface area contributed by atoms with Gasteiger partial charge >= 0.3 is 0 Å². The topological polar surface area (TPSA) is 79.3 Å². The van der Waals surface area contributed by atoms with Crippen LogP contribution in [0.2, 0.25) is 5.15 Å². The number of aromatic nitrogens is 3. The molecule has 0 amide bonds. The minimum Gasteiger partial charge on any atom is -0.353 e. The lowest BCUT2D eigenvalue weighted by Gasteiger charge is -2.34. The Balaban J connectivity index is 1.72. The van der Waals surface area contributed by atoms with Gasteiger partial charge in [0.05, 0.1) is 6.20 Å². The van der Waals surface area contributed by atoms with Crippen molar-refractivity contribution in [2.75, 3.05) is 31.1 Å². The molecule has 2 aromatic heterocycles. The van der Waals surface area contributed by atoms with Crippen molar-refractivity contribution in [2.45, 2.75) is 4.90 Å². The molecule has 2 aromatic rings. The first-order valence-electron chi connectivity index (χ1n) is 6.70. The van der Waals surface area contributed by atoms with Crippen molar-refractivity contribution in [2.24, 2.45) is 0 Å². The van der Waals surface area contributed by atoms with Crippen molar-refractivity contribution in [3.8, 4) is 0 Å². The zero-order valence-corrected chi connectivity index (χ0v) is 13.2. The summed E-state index contributed by atoms with van der Waals surface area (Å²) in [5.41, 5.74) is 0. The Morgan fingerprint density at radius 3 is 2.36 bits per heavy atom. The molecular formula is C13H14ClN5O2S. The molecule has 0 N–H and O–H groups in total. The number of anilines is 1. The second-order valence-electron chi connectivity index (χ2n) is 4.77. The molecule has 22 heavy (non-hydrogen) atoms. The molecule has 0 spiro atoms. The minimum atomic E-state index is -3.53. The fourth-order valence-electron chi connectivity index (χ4n) is 2.28. The van der Waals surface area contributed by atoms with Crippen LogP contribution in [-0.2, 0) is 10.0 Å². The highest BCUT2D eigenvalue weighted by molar-refractivity contribution is 7.89. The molecule has 3 rings (SSSR count). The Morgan fingerprint density at radius 2 is 1.77 bits per heavy atom. The van der Waals surface area contributed by atoms with Gasteiger partial charge in [-0.25, -0.2) is 18.4 Å². The van der Waals surface area contributed by atoms with E-state index >= 15 is 0 Å². The first-order valence-corrected chi connectivity index (χ1v) is 8.52. The Morgan fingerprint density at radius 1 is 1.00 bits per heavy atom. The lowest BCUT2D eigenvalue weighted by molar-refractivity contribution is 0.383. The first kappa shape index (κ1) is 15.1. The Bertz CT molecular complexity index is 731. The van der Waals surface area contributed by atoms with Gasteiger partial charge in [0.1, 0.15) is 15.9 Å². The fraction of sp³-hybridized carbons (Fsp3) is 0.308. The van der Waals surface area contributed by atoms with E-state index in [4.69, 9.17) is 11.6 Å². The van der Waals surface area contributed by atoms with E-state index in [9.17, 15) is 8.42 Å². The molecule has 0 saturated carbocycles. The van der Waals surface area contributed by atoms with Crippen LogP contribution in [0.3, 0.4) is 0 Å². The van der Waals surface area contributed by atoms with E-state index in [0.717, 1.165) is 5.82 Å². The average Bonchev–Trinajstić information content (AvgIpc) is 2.56. The van der Waals surface area contributed by atoms with E-state index in [0.29, 0.717) is 26.2 Å². The van der Waals surface area contributed by atoms with Crippen LogP contribution in [0.5, 0.6) is 0 Å². The molecule has 0 radical (unpaired) electrons. The number of hydrogen-bond donors (Lipinski definition) is 0. The molecule has 7 nitrogen and oxygen atoms in total. The van der Waals surface area contributed by atoms with Crippen molar-refractivity contribution in [3.05, 3.63) is 42.1 Å². The molecule has 1 aliphatic heterocycles. The highest BCUT2D eigenvalue weighted by atomic mass is 35.5. The van der Waals surface area contributed by atoms with E-state index in [1.54, 1.807) is 18.6 Å². The summed E-state index contributed by atoms with van der Waals surface area (Å²) >= 11 is 5.70. The Kier molecular flexibility index (Phi) is 4.23. The molecule has 9 heteroatoms. The maximum atomic E-state index is 12.5. The zero-order chi connectivity index (χ0) is 15.6. The summed E-state index contributed by atoms with van der Waals surface area (Å²) in [6.45, 7) is 1.92. The number of sulfonamides is 1. The number of pyridine rings is 1. The summed E-state index contributed by atoms with van der Waals surface area (Å²) in [6, 6.07) is 2.95.